The molecule has 3 aliphatic rings. The zero-order valence-corrected chi connectivity index (χ0v) is 18.0. The Bertz CT molecular complexity index is 1000. The van der Waals surface area contributed by atoms with Crippen LogP contribution < -0.4 is 14.5 Å². The summed E-state index contributed by atoms with van der Waals surface area (Å²) in [4.78, 5) is 29.0. The second-order valence-electron chi connectivity index (χ2n) is 8.00. The molecule has 1 aromatic heterocycles. The number of nitrogens with zero attached hydrogens (tertiary/aromatic N) is 5. The highest BCUT2D eigenvalue weighted by atomic mass is 16.5. The van der Waals surface area contributed by atoms with Crippen LogP contribution in [-0.2, 0) is 11.3 Å². The molecule has 5 rings (SSSR count). The van der Waals surface area contributed by atoms with Gasteiger partial charge in [-0.2, -0.15) is 0 Å². The lowest BCUT2D eigenvalue weighted by molar-refractivity contribution is 0.122. The molecule has 4 heterocycles. The largest absolute Gasteiger partial charge is 0.497 e. The van der Waals surface area contributed by atoms with Gasteiger partial charge in [-0.1, -0.05) is 19.1 Å². The van der Waals surface area contributed by atoms with Crippen LogP contribution in [0.2, 0.25) is 0 Å². The molecule has 1 unspecified atom stereocenters. The maximum Gasteiger partial charge on any atom is 0.330 e. The fourth-order valence-electron chi connectivity index (χ4n) is 4.29. The average molecular weight is 422 g/mol. The van der Waals surface area contributed by atoms with E-state index in [1.54, 1.807) is 12.0 Å². The quantitative estimate of drug-likeness (QED) is 0.743. The number of benzene rings is 1. The van der Waals surface area contributed by atoms with Crippen molar-refractivity contribution >= 4 is 23.2 Å². The Labute approximate surface area is 182 Å². The molecule has 1 fully saturated rings. The second-order valence-corrected chi connectivity index (χ2v) is 8.00. The molecule has 0 radical (unpaired) electrons. The summed E-state index contributed by atoms with van der Waals surface area (Å²) in [6, 6.07) is 9.98. The lowest BCUT2D eigenvalue weighted by Gasteiger charge is -2.36. The molecule has 0 bridgehead atoms. The number of fused-ring (bicyclic) bond motifs is 3. The Balaban J connectivity index is 1.54. The number of amidine groups is 1. The Morgan fingerprint density at radius 2 is 1.97 bits per heavy atom. The molecular formula is C23H27N5O3. The fourth-order valence-corrected chi connectivity index (χ4v) is 4.29. The number of carbonyl (C=O) groups excluding carboxylic acids is 1. The van der Waals surface area contributed by atoms with E-state index in [1.165, 1.54) is 0 Å². The maximum absolute atomic E-state index is 13.5. The minimum atomic E-state index is -0.0426. The third-order valence-corrected chi connectivity index (χ3v) is 6.12. The van der Waals surface area contributed by atoms with E-state index >= 15 is 0 Å². The lowest BCUT2D eigenvalue weighted by atomic mass is 10.1. The maximum atomic E-state index is 13.5. The first-order chi connectivity index (χ1) is 15.2. The zero-order chi connectivity index (χ0) is 21.4. The number of hydrogen-bond donors (Lipinski definition) is 0. The summed E-state index contributed by atoms with van der Waals surface area (Å²) in [5.41, 5.74) is 3.63. The van der Waals surface area contributed by atoms with Gasteiger partial charge in [-0.25, -0.2) is 9.78 Å². The lowest BCUT2D eigenvalue weighted by Crippen LogP contribution is -2.50. The molecule has 2 amide bonds. The van der Waals surface area contributed by atoms with E-state index in [2.05, 4.69) is 17.9 Å². The molecule has 0 saturated carbocycles. The number of aromatic nitrogens is 1. The van der Waals surface area contributed by atoms with Gasteiger partial charge in [0.25, 0.3) is 0 Å². The smallest absolute Gasteiger partial charge is 0.330 e. The van der Waals surface area contributed by atoms with Crippen molar-refractivity contribution in [3.8, 4) is 5.75 Å². The average Bonchev–Trinajstić information content (AvgIpc) is 3.27. The van der Waals surface area contributed by atoms with Gasteiger partial charge in [0.1, 0.15) is 11.4 Å². The van der Waals surface area contributed by atoms with Crippen molar-refractivity contribution in [3.63, 3.8) is 0 Å². The van der Waals surface area contributed by atoms with Crippen molar-refractivity contribution in [1.29, 1.82) is 0 Å². The van der Waals surface area contributed by atoms with E-state index in [1.807, 2.05) is 35.4 Å². The van der Waals surface area contributed by atoms with Gasteiger partial charge in [-0.15, -0.1) is 0 Å². The number of morpholine rings is 1. The number of rotatable bonds is 5. The topological polar surface area (TPSA) is 70.5 Å². The Morgan fingerprint density at radius 3 is 2.68 bits per heavy atom. The van der Waals surface area contributed by atoms with Gasteiger partial charge in [0.2, 0.25) is 0 Å². The Morgan fingerprint density at radius 1 is 1.19 bits per heavy atom. The molecule has 162 valence electrons. The zero-order valence-electron chi connectivity index (χ0n) is 18.0. The second kappa shape index (κ2) is 8.19. The van der Waals surface area contributed by atoms with Gasteiger partial charge >= 0.3 is 6.03 Å². The van der Waals surface area contributed by atoms with Crippen molar-refractivity contribution in [3.05, 3.63) is 47.8 Å². The van der Waals surface area contributed by atoms with Crippen LogP contribution in [0.3, 0.4) is 0 Å². The predicted octanol–water partition coefficient (Wildman–Crippen LogP) is 2.91. The van der Waals surface area contributed by atoms with Crippen molar-refractivity contribution in [2.24, 2.45) is 4.99 Å². The van der Waals surface area contributed by atoms with E-state index < -0.39 is 0 Å². The number of amides is 2. The van der Waals surface area contributed by atoms with Gasteiger partial charge in [-0.05, 0) is 30.2 Å². The molecule has 0 aliphatic carbocycles. The first-order valence-electron chi connectivity index (χ1n) is 10.8. The van der Waals surface area contributed by atoms with Crippen molar-refractivity contribution in [1.82, 2.24) is 9.88 Å². The molecule has 2 aromatic rings. The van der Waals surface area contributed by atoms with Gasteiger partial charge in [0.15, 0.2) is 5.84 Å². The summed E-state index contributed by atoms with van der Waals surface area (Å²) in [5, 5.41) is 0. The van der Waals surface area contributed by atoms with Crippen LogP contribution in [0.4, 0.5) is 16.2 Å². The number of carbonyl (C=O) groups is 1. The number of anilines is 2. The minimum Gasteiger partial charge on any atom is -0.497 e. The number of methoxy groups -OCH3 is 1. The van der Waals surface area contributed by atoms with Crippen LogP contribution in [0.5, 0.6) is 5.75 Å². The van der Waals surface area contributed by atoms with E-state index in [0.29, 0.717) is 32.1 Å². The molecule has 8 nitrogen and oxygen atoms in total. The van der Waals surface area contributed by atoms with Gasteiger partial charge in [0.05, 0.1) is 57.0 Å². The summed E-state index contributed by atoms with van der Waals surface area (Å²) in [6.07, 6.45) is 2.79. The third-order valence-electron chi connectivity index (χ3n) is 6.12. The summed E-state index contributed by atoms with van der Waals surface area (Å²) in [5.74, 6) is 1.50. The Kier molecular flexibility index (Phi) is 5.23. The van der Waals surface area contributed by atoms with Crippen molar-refractivity contribution < 1.29 is 14.3 Å². The van der Waals surface area contributed by atoms with E-state index in [-0.39, 0.29) is 12.1 Å². The standard InChI is InChI=1S/C23H27N5O3/c1-3-17-15-28-22(25-17)21-20(12-18(13-24-21)26-8-10-31-11-9-26)27(23(28)29)14-16-4-6-19(30-2)7-5-16/h4-7,12-13,17H,3,8-11,14-15H2,1-2H3. The number of aliphatic imine (C=N–C) groups is 1. The van der Waals surface area contributed by atoms with E-state index in [4.69, 9.17) is 19.5 Å². The van der Waals surface area contributed by atoms with Crippen LogP contribution in [0.1, 0.15) is 24.6 Å². The van der Waals surface area contributed by atoms with Gasteiger partial charge < -0.3 is 14.4 Å². The number of pyridine rings is 1. The molecule has 1 aromatic carbocycles. The summed E-state index contributed by atoms with van der Waals surface area (Å²) < 4.78 is 10.8. The first-order valence-corrected chi connectivity index (χ1v) is 10.8. The molecule has 1 saturated heterocycles. The van der Waals surface area contributed by atoms with Crippen LogP contribution in [0, 0.1) is 0 Å². The van der Waals surface area contributed by atoms with Crippen LogP contribution in [-0.4, -0.2) is 67.8 Å². The van der Waals surface area contributed by atoms with E-state index in [9.17, 15) is 4.79 Å². The number of ether oxygens (including phenoxy) is 2. The summed E-state index contributed by atoms with van der Waals surface area (Å²) in [7, 11) is 1.65. The highest BCUT2D eigenvalue weighted by Crippen LogP contribution is 2.35. The van der Waals surface area contributed by atoms with E-state index in [0.717, 1.165) is 47.9 Å². The van der Waals surface area contributed by atoms with Crippen molar-refractivity contribution in [2.45, 2.75) is 25.9 Å². The summed E-state index contributed by atoms with van der Waals surface area (Å²) >= 11 is 0. The highest BCUT2D eigenvalue weighted by Gasteiger charge is 2.41. The number of hydrogen-bond acceptors (Lipinski definition) is 6. The molecule has 0 N–H and O–H groups in total. The predicted molar refractivity (Wildman–Crippen MR) is 119 cm³/mol. The van der Waals surface area contributed by atoms with Gasteiger partial charge in [-0.3, -0.25) is 14.8 Å². The van der Waals surface area contributed by atoms with Crippen LogP contribution >= 0.6 is 0 Å². The van der Waals surface area contributed by atoms with Crippen molar-refractivity contribution in [2.75, 3.05) is 49.8 Å². The molecule has 3 aliphatic heterocycles. The molecule has 8 heteroatoms. The molecule has 31 heavy (non-hydrogen) atoms. The number of urea groups is 1. The highest BCUT2D eigenvalue weighted by molar-refractivity contribution is 6.19. The third kappa shape index (κ3) is 3.61. The Hall–Kier alpha value is -3.13. The monoisotopic (exact) mass is 421 g/mol. The molecule has 0 spiro atoms. The fraction of sp³-hybridized carbons (Fsp3) is 0.435. The minimum absolute atomic E-state index is 0.0426. The van der Waals surface area contributed by atoms with Crippen LogP contribution in [0.25, 0.3) is 0 Å². The normalized spacial score (nSPS) is 20.5. The summed E-state index contributed by atoms with van der Waals surface area (Å²) in [6.45, 7) is 6.20. The van der Waals surface area contributed by atoms with Gasteiger partial charge in [0, 0.05) is 13.1 Å². The van der Waals surface area contributed by atoms with Crippen LogP contribution in [0.15, 0.2) is 41.5 Å². The SMILES string of the molecule is CCC1CN2C(=O)N(Cc3ccc(OC)cc3)c3cc(N4CCOCC4)cnc3C2=N1. The molecule has 1 atom stereocenters. The first kappa shape index (κ1) is 19.8. The molecular weight excluding hydrogens is 394 g/mol.